The molecule has 0 aliphatic heterocycles. The number of carbonyl (C=O) groups excluding carboxylic acids is 5. The van der Waals surface area contributed by atoms with E-state index in [1.807, 2.05) is 0 Å². The molecule has 0 atom stereocenters. The highest BCUT2D eigenvalue weighted by molar-refractivity contribution is 7.91. The molecule has 0 amide bonds. The number of rotatable bonds is 7. The van der Waals surface area contributed by atoms with Gasteiger partial charge in [0.1, 0.15) is 17.6 Å². The molecule has 0 saturated heterocycles. The Labute approximate surface area is 285 Å². The molecule has 0 unspecified atom stereocenters. The van der Waals surface area contributed by atoms with E-state index < -0.39 is 81.1 Å². The molecule has 2 aromatic rings. The van der Waals surface area contributed by atoms with Gasteiger partial charge in [0.15, 0.2) is 42.8 Å². The second kappa shape index (κ2) is 18.1. The number of Topliss-reactive ketones (excluding diaryl/α,β-unsaturated/α-hetero) is 4. The maximum atomic E-state index is 12.4. The summed E-state index contributed by atoms with van der Waals surface area (Å²) in [5, 5.41) is 47.3. The Hall–Kier alpha value is -5.81. The van der Waals surface area contributed by atoms with Crippen molar-refractivity contribution < 1.29 is 55.8 Å². The molecule has 0 bridgehead atoms. The van der Waals surface area contributed by atoms with E-state index in [0.29, 0.717) is 19.3 Å². The summed E-state index contributed by atoms with van der Waals surface area (Å²) in [5.74, 6) is -4.72. The molecule has 4 rings (SSSR count). The molecule has 0 aromatic heterocycles. The minimum atomic E-state index is -3.70. The van der Waals surface area contributed by atoms with Gasteiger partial charge in [0, 0.05) is 43.9 Å². The number of nitrogens with zero attached hydrogens (tertiary/aromatic N) is 4. The van der Waals surface area contributed by atoms with Crippen LogP contribution in [0.4, 0.5) is 11.4 Å². The minimum absolute atomic E-state index is 0.0127. The van der Waals surface area contributed by atoms with Crippen molar-refractivity contribution in [3.05, 3.63) is 85.0 Å². The van der Waals surface area contributed by atoms with Gasteiger partial charge in [0.2, 0.25) is 0 Å². The summed E-state index contributed by atoms with van der Waals surface area (Å²) >= 11 is 0. The topological polar surface area (TPSA) is 309 Å². The number of nitro benzene ring substituents is 2. The highest BCUT2D eigenvalue weighted by Gasteiger charge is 2.39. The summed E-state index contributed by atoms with van der Waals surface area (Å²) in [4.78, 5) is 76.9. The Bertz CT molecular complexity index is 2020. The van der Waals surface area contributed by atoms with Crippen LogP contribution in [0.1, 0.15) is 59.2 Å². The minimum Gasteiger partial charge on any atom is -0.875 e. The maximum absolute atomic E-state index is 12.4. The van der Waals surface area contributed by atoms with Crippen LogP contribution in [-0.2, 0) is 34.1 Å². The number of ketones is 5. The Morgan fingerprint density at radius 3 is 1.58 bits per heavy atom. The van der Waals surface area contributed by atoms with Gasteiger partial charge in [-0.1, -0.05) is 0 Å². The monoisotopic (exact) mass is 732 g/mol. The fraction of sp³-hybridized carbons (Fsp3) is 0.300. The molecule has 0 N–H and O–H groups in total. The summed E-state index contributed by atoms with van der Waals surface area (Å²) in [6.07, 6.45) is 5.32. The lowest BCUT2D eigenvalue weighted by atomic mass is 9.81. The Morgan fingerprint density at radius 1 is 0.800 bits per heavy atom. The van der Waals surface area contributed by atoms with Crippen LogP contribution in [-0.4, -0.2) is 74.8 Å². The Balaban J connectivity index is 0.000000404. The molecule has 0 spiro atoms. The number of nitriles is 1. The van der Waals surface area contributed by atoms with Gasteiger partial charge >= 0.3 is 0 Å². The van der Waals surface area contributed by atoms with E-state index in [-0.39, 0.29) is 34.2 Å². The smallest absolute Gasteiger partial charge is 0.282 e. The zero-order chi connectivity index (χ0) is 38.6. The van der Waals surface area contributed by atoms with Crippen LogP contribution in [0, 0.1) is 37.5 Å². The summed E-state index contributed by atoms with van der Waals surface area (Å²) in [5.41, 5.74) is -2.29. The summed E-state index contributed by atoms with van der Waals surface area (Å²) in [7, 11) is -7.30. The molecule has 2 aliphatic rings. The van der Waals surface area contributed by atoms with Gasteiger partial charge in [-0.3, -0.25) is 44.2 Å². The van der Waals surface area contributed by atoms with Gasteiger partial charge in [-0.2, -0.15) is 5.26 Å². The maximum Gasteiger partial charge on any atom is 0.282 e. The van der Waals surface area contributed by atoms with E-state index in [1.165, 1.54) is 12.1 Å². The van der Waals surface area contributed by atoms with Gasteiger partial charge in [-0.15, -0.1) is 5.76 Å². The van der Waals surface area contributed by atoms with Crippen molar-refractivity contribution in [3.63, 3.8) is 0 Å². The largest absolute Gasteiger partial charge is 0.875 e. The van der Waals surface area contributed by atoms with Crippen LogP contribution >= 0.6 is 0 Å². The molecular formula is C30H28N4O14S2-2. The first-order chi connectivity index (χ1) is 23.2. The lowest BCUT2D eigenvalue weighted by molar-refractivity contribution is -0.385. The van der Waals surface area contributed by atoms with Crippen LogP contribution < -0.4 is 5.11 Å². The van der Waals surface area contributed by atoms with Crippen molar-refractivity contribution in [2.45, 2.75) is 48.3 Å². The van der Waals surface area contributed by atoms with E-state index in [1.54, 1.807) is 0 Å². The Morgan fingerprint density at radius 2 is 1.22 bits per heavy atom. The predicted octanol–water partition coefficient (Wildman–Crippen LogP) is 2.06. The zero-order valence-electron chi connectivity index (χ0n) is 26.4. The normalized spacial score (nSPS) is 14.5. The third kappa shape index (κ3) is 11.7. The first-order valence-electron chi connectivity index (χ1n) is 13.9. The third-order valence-corrected chi connectivity index (χ3v) is 8.94. The van der Waals surface area contributed by atoms with E-state index in [0.717, 1.165) is 55.3 Å². The van der Waals surface area contributed by atoms with Gasteiger partial charge in [0.25, 0.3) is 17.2 Å². The molecule has 0 radical (unpaired) electrons. The lowest BCUT2D eigenvalue weighted by Crippen LogP contribution is -2.35. The van der Waals surface area contributed by atoms with Crippen LogP contribution in [0.2, 0.25) is 0 Å². The number of benzene rings is 2. The quantitative estimate of drug-likeness (QED) is 0.0982. The van der Waals surface area contributed by atoms with Gasteiger partial charge in [-0.25, -0.2) is 23.6 Å². The number of hydrogen-bond acceptors (Lipinski definition) is 15. The molecular weight excluding hydrogens is 704 g/mol. The van der Waals surface area contributed by atoms with Gasteiger partial charge in [0.05, 0.1) is 25.2 Å². The number of nitro groups is 2. The molecule has 1 saturated carbocycles. The van der Waals surface area contributed by atoms with Crippen LogP contribution in [0.3, 0.4) is 0 Å². The summed E-state index contributed by atoms with van der Waals surface area (Å²) < 4.78 is 45.3. The molecule has 266 valence electrons. The van der Waals surface area contributed by atoms with Crippen molar-refractivity contribution in [1.82, 2.24) is 0 Å². The molecule has 0 heterocycles. The zero-order valence-corrected chi connectivity index (χ0v) is 28.0. The van der Waals surface area contributed by atoms with Gasteiger partial charge < -0.3 is 10.5 Å². The predicted molar refractivity (Wildman–Crippen MR) is 171 cm³/mol. The van der Waals surface area contributed by atoms with Crippen LogP contribution in [0.15, 0.2) is 58.0 Å². The average molecular weight is 733 g/mol. The molecule has 18 nitrogen and oxygen atoms in total. The highest BCUT2D eigenvalue weighted by atomic mass is 32.2. The average Bonchev–Trinajstić information content (AvgIpc) is 3.04. The summed E-state index contributed by atoms with van der Waals surface area (Å²) in [6.45, 7) is 2.25. The van der Waals surface area contributed by atoms with Crippen molar-refractivity contribution in [2.24, 2.45) is 5.92 Å². The van der Waals surface area contributed by atoms with Crippen LogP contribution in [0.25, 0.3) is 5.41 Å². The lowest BCUT2D eigenvalue weighted by Gasteiger charge is -2.18. The number of allylic oxidation sites excluding steroid dienone is 2. The van der Waals surface area contributed by atoms with E-state index in [2.05, 4.69) is 6.72 Å². The molecule has 2 aliphatic carbocycles. The van der Waals surface area contributed by atoms with E-state index >= 15 is 0 Å². The highest BCUT2D eigenvalue weighted by Crippen LogP contribution is 2.29. The van der Waals surface area contributed by atoms with Gasteiger partial charge in [-0.05, 0) is 49.6 Å². The van der Waals surface area contributed by atoms with E-state index in [4.69, 9.17) is 10.7 Å². The Kier molecular flexibility index (Phi) is 15.3. The fourth-order valence-electron chi connectivity index (χ4n) is 4.36. The first kappa shape index (κ1) is 42.2. The van der Waals surface area contributed by atoms with Crippen molar-refractivity contribution in [1.29, 1.82) is 5.26 Å². The number of carbonyl (C=O) groups is 5. The van der Waals surface area contributed by atoms with Crippen molar-refractivity contribution in [3.8, 4) is 6.07 Å². The van der Waals surface area contributed by atoms with Crippen molar-refractivity contribution >= 4 is 66.7 Å². The molecule has 2 aromatic carbocycles. The van der Waals surface area contributed by atoms with E-state index in [9.17, 15) is 66.1 Å². The molecule has 20 heteroatoms. The third-order valence-electron chi connectivity index (χ3n) is 6.72. The first-order valence-corrected chi connectivity index (χ1v) is 17.7. The second-order valence-corrected chi connectivity index (χ2v) is 14.4. The standard InChI is InChI=1S/C14H13NO7S.C9H6N2O5S.C6H8O2.CH2N/c1-23(21,22)8-5-6-9(10(7-8)15(19)20)14(18)13-11(16)3-2-4-12(13)17;1-17(15,16)6-2-3-7(9(12)5-10)8(4-6)11(13)14;7-5-2-1-3-6(8)4-5;1-2/h5-7,13H,2-4H2,1H3;2-4H,1H3;4,7H,1-3H2;1H2/q;;;-1/p-1. The fourth-order valence-corrected chi connectivity index (χ4v) is 5.64. The summed E-state index contributed by atoms with van der Waals surface area (Å²) in [6, 6.07) is 6.80. The molecule has 50 heavy (non-hydrogen) atoms. The SMILES string of the molecule is C=[N-].CS(=O)(=O)c1ccc(C(=O)C#N)c([N+](=O)[O-])c1.CS(=O)(=O)c1ccc(C(=O)C2C(=O)CCCC2=O)c([N+](=O)[O-])c1.O=C1C=C([O-])CCC1. The molecule has 1 fully saturated rings. The number of sulfone groups is 2. The number of hydrogen-bond donors (Lipinski definition) is 0. The second-order valence-electron chi connectivity index (χ2n) is 10.4. The van der Waals surface area contributed by atoms with Crippen molar-refractivity contribution in [2.75, 3.05) is 12.5 Å². The van der Waals surface area contributed by atoms with Crippen LogP contribution in [0.5, 0.6) is 0 Å².